The number of esters is 1. The van der Waals surface area contributed by atoms with E-state index in [4.69, 9.17) is 9.47 Å². The Hall–Kier alpha value is -3.40. The highest BCUT2D eigenvalue weighted by molar-refractivity contribution is 7.98. The summed E-state index contributed by atoms with van der Waals surface area (Å²) in [4.78, 5) is 46.9. The van der Waals surface area contributed by atoms with Gasteiger partial charge in [-0.2, -0.15) is 0 Å². The van der Waals surface area contributed by atoms with Gasteiger partial charge in [0.2, 0.25) is 0 Å². The van der Waals surface area contributed by atoms with Crippen LogP contribution in [0.3, 0.4) is 0 Å². The van der Waals surface area contributed by atoms with Crippen LogP contribution < -0.4 is 10.1 Å². The van der Waals surface area contributed by atoms with Gasteiger partial charge in [0.1, 0.15) is 5.75 Å². The van der Waals surface area contributed by atoms with Crippen LogP contribution in [-0.2, 0) is 9.53 Å². The third kappa shape index (κ3) is 5.07. The lowest BCUT2D eigenvalue weighted by Gasteiger charge is -2.09. The lowest BCUT2D eigenvalue weighted by atomic mass is 10.2. The molecule has 0 bridgehead atoms. The lowest BCUT2D eigenvalue weighted by Crippen LogP contribution is -2.34. The largest absolute Gasteiger partial charge is 0.496 e. The maximum absolute atomic E-state index is 12.1. The highest BCUT2D eigenvalue weighted by atomic mass is 32.2. The van der Waals surface area contributed by atoms with E-state index in [9.17, 15) is 24.5 Å². The molecule has 2 amide bonds. The molecule has 0 aliphatic heterocycles. The fraction of sp³-hybridized carbons (Fsp3) is 0.167. The minimum atomic E-state index is -0.921. The summed E-state index contributed by atoms with van der Waals surface area (Å²) in [6.45, 7) is -0.724. The minimum Gasteiger partial charge on any atom is -0.496 e. The molecule has 1 N–H and O–H groups in total. The van der Waals surface area contributed by atoms with Crippen molar-refractivity contribution in [2.45, 2.75) is 4.90 Å². The van der Waals surface area contributed by atoms with Gasteiger partial charge >= 0.3 is 5.97 Å². The third-order valence-electron chi connectivity index (χ3n) is 3.55. The monoisotopic (exact) mass is 404 g/mol. The molecule has 2 rings (SSSR count). The third-order valence-corrected chi connectivity index (χ3v) is 4.34. The Balaban J connectivity index is 1.99. The van der Waals surface area contributed by atoms with Crippen molar-refractivity contribution in [2.24, 2.45) is 0 Å². The molecule has 0 aliphatic rings. The molecule has 0 aromatic heterocycles. The Kier molecular flexibility index (Phi) is 7.10. The first-order valence-electron chi connectivity index (χ1n) is 7.84. The second-order valence-electron chi connectivity index (χ2n) is 5.30. The summed E-state index contributed by atoms with van der Waals surface area (Å²) in [7, 11) is 1.39. The Labute approximate surface area is 164 Å². The maximum atomic E-state index is 12.1. The number of para-hydroxylation sites is 1. The van der Waals surface area contributed by atoms with Gasteiger partial charge in [-0.3, -0.25) is 25.0 Å². The topological polar surface area (TPSA) is 125 Å². The highest BCUT2D eigenvalue weighted by Crippen LogP contribution is 2.28. The maximum Gasteiger partial charge on any atom is 0.338 e. The number of thioether (sulfide) groups is 1. The number of methoxy groups -OCH3 is 1. The zero-order valence-corrected chi connectivity index (χ0v) is 15.8. The van der Waals surface area contributed by atoms with E-state index in [1.807, 2.05) is 0 Å². The van der Waals surface area contributed by atoms with E-state index >= 15 is 0 Å². The van der Waals surface area contributed by atoms with Gasteiger partial charge in [-0.1, -0.05) is 12.1 Å². The number of benzene rings is 2. The molecule has 0 fully saturated rings. The molecule has 10 heteroatoms. The molecule has 0 saturated heterocycles. The van der Waals surface area contributed by atoms with E-state index in [1.54, 1.807) is 24.5 Å². The molecular formula is C18H16N2O7S. The number of nitro benzene ring substituents is 1. The zero-order chi connectivity index (χ0) is 20.7. The van der Waals surface area contributed by atoms with Crippen LogP contribution in [0.25, 0.3) is 0 Å². The zero-order valence-electron chi connectivity index (χ0n) is 15.0. The van der Waals surface area contributed by atoms with Crippen molar-refractivity contribution in [2.75, 3.05) is 20.0 Å². The molecule has 0 aliphatic carbocycles. The summed E-state index contributed by atoms with van der Waals surface area (Å²) in [5.41, 5.74) is -0.168. The molecule has 9 nitrogen and oxygen atoms in total. The predicted molar refractivity (Wildman–Crippen MR) is 101 cm³/mol. The Bertz CT molecular complexity index is 930. The van der Waals surface area contributed by atoms with E-state index in [-0.39, 0.29) is 22.6 Å². The van der Waals surface area contributed by atoms with Gasteiger partial charge in [0, 0.05) is 6.07 Å². The number of imide groups is 1. The van der Waals surface area contributed by atoms with Gasteiger partial charge in [0.25, 0.3) is 17.5 Å². The molecule has 0 radical (unpaired) electrons. The molecular weight excluding hydrogens is 388 g/mol. The van der Waals surface area contributed by atoms with Crippen LogP contribution in [-0.4, -0.2) is 42.7 Å². The highest BCUT2D eigenvalue weighted by Gasteiger charge is 2.20. The number of carbonyl (C=O) groups is 3. The first kappa shape index (κ1) is 20.9. The predicted octanol–water partition coefficient (Wildman–Crippen LogP) is 2.44. The average molecular weight is 404 g/mol. The molecule has 0 unspecified atom stereocenters. The lowest BCUT2D eigenvalue weighted by molar-refractivity contribution is -0.387. The summed E-state index contributed by atoms with van der Waals surface area (Å²) in [6, 6.07) is 10.2. The molecule has 2 aromatic carbocycles. The van der Waals surface area contributed by atoms with Gasteiger partial charge in [0.05, 0.1) is 28.1 Å². The number of nitrogens with one attached hydrogen (secondary N) is 1. The van der Waals surface area contributed by atoms with Gasteiger partial charge in [-0.25, -0.2) is 4.79 Å². The fourth-order valence-electron chi connectivity index (χ4n) is 2.24. The normalized spacial score (nSPS) is 10.1. The molecule has 0 saturated carbocycles. The van der Waals surface area contributed by atoms with E-state index in [0.29, 0.717) is 4.90 Å². The van der Waals surface area contributed by atoms with Crippen LogP contribution in [0.2, 0.25) is 0 Å². The van der Waals surface area contributed by atoms with E-state index in [1.165, 1.54) is 25.3 Å². The summed E-state index contributed by atoms with van der Waals surface area (Å²) in [6.07, 6.45) is 1.67. The average Bonchev–Trinajstić information content (AvgIpc) is 2.71. The number of rotatable bonds is 7. The SMILES string of the molecule is COc1ccccc1C(=O)NC(=O)COC(=O)c1ccc(SC)c([N+](=O)[O-])c1. The smallest absolute Gasteiger partial charge is 0.338 e. The van der Waals surface area contributed by atoms with Crippen LogP contribution >= 0.6 is 11.8 Å². The number of carbonyl (C=O) groups excluding carboxylic acids is 3. The van der Waals surface area contributed by atoms with Crippen molar-refractivity contribution >= 4 is 35.2 Å². The molecule has 0 spiro atoms. The summed E-state index contributed by atoms with van der Waals surface area (Å²) >= 11 is 1.16. The van der Waals surface area contributed by atoms with Crippen molar-refractivity contribution in [1.82, 2.24) is 5.32 Å². The van der Waals surface area contributed by atoms with Crippen molar-refractivity contribution in [3.63, 3.8) is 0 Å². The number of amides is 2. The number of nitro groups is 1. The molecule has 28 heavy (non-hydrogen) atoms. The van der Waals surface area contributed by atoms with Crippen LogP contribution in [0.1, 0.15) is 20.7 Å². The second kappa shape index (κ2) is 9.51. The van der Waals surface area contributed by atoms with Gasteiger partial charge in [-0.15, -0.1) is 11.8 Å². The van der Waals surface area contributed by atoms with E-state index in [0.717, 1.165) is 17.8 Å². The Morgan fingerprint density at radius 1 is 1.18 bits per heavy atom. The quantitative estimate of drug-likeness (QED) is 0.323. The molecule has 0 heterocycles. The molecule has 2 aromatic rings. The Morgan fingerprint density at radius 2 is 1.89 bits per heavy atom. The van der Waals surface area contributed by atoms with Crippen LogP contribution in [0, 0.1) is 10.1 Å². The van der Waals surface area contributed by atoms with Crippen LogP contribution in [0.15, 0.2) is 47.4 Å². The van der Waals surface area contributed by atoms with Gasteiger partial charge < -0.3 is 9.47 Å². The summed E-state index contributed by atoms with van der Waals surface area (Å²) < 4.78 is 9.87. The van der Waals surface area contributed by atoms with E-state index in [2.05, 4.69) is 5.32 Å². The Morgan fingerprint density at radius 3 is 2.54 bits per heavy atom. The van der Waals surface area contributed by atoms with Crippen molar-refractivity contribution in [1.29, 1.82) is 0 Å². The summed E-state index contributed by atoms with van der Waals surface area (Å²) in [5.74, 6) is -2.19. The van der Waals surface area contributed by atoms with Crippen LogP contribution in [0.4, 0.5) is 5.69 Å². The number of hydrogen-bond donors (Lipinski definition) is 1. The molecule has 0 atom stereocenters. The standard InChI is InChI=1S/C18H16N2O7S/c1-26-14-6-4-3-5-12(14)17(22)19-16(21)10-27-18(23)11-7-8-15(28-2)13(9-11)20(24)25/h3-9H,10H2,1-2H3,(H,19,21,22). The second-order valence-corrected chi connectivity index (χ2v) is 6.15. The van der Waals surface area contributed by atoms with Crippen molar-refractivity contribution in [3.8, 4) is 5.75 Å². The number of nitrogens with zero attached hydrogens (tertiary/aromatic N) is 1. The van der Waals surface area contributed by atoms with Gasteiger partial charge in [-0.05, 0) is 30.5 Å². The fourth-order valence-corrected chi connectivity index (χ4v) is 2.78. The number of ether oxygens (including phenoxy) is 2. The van der Waals surface area contributed by atoms with Crippen molar-refractivity contribution in [3.05, 3.63) is 63.7 Å². The number of hydrogen-bond acceptors (Lipinski definition) is 8. The first-order valence-corrected chi connectivity index (χ1v) is 9.06. The van der Waals surface area contributed by atoms with Gasteiger partial charge in [0.15, 0.2) is 6.61 Å². The summed E-state index contributed by atoms with van der Waals surface area (Å²) in [5, 5.41) is 13.1. The minimum absolute atomic E-state index is 0.0756. The first-order chi connectivity index (χ1) is 13.4. The van der Waals surface area contributed by atoms with E-state index < -0.39 is 29.3 Å². The van der Waals surface area contributed by atoms with Crippen molar-refractivity contribution < 1.29 is 28.8 Å². The molecule has 146 valence electrons. The van der Waals surface area contributed by atoms with Crippen LogP contribution in [0.5, 0.6) is 5.75 Å².